The molecule has 0 radical (unpaired) electrons. The number of urea groups is 1. The Labute approximate surface area is 195 Å². The predicted molar refractivity (Wildman–Crippen MR) is 95.5 cm³/mol. The summed E-state index contributed by atoms with van der Waals surface area (Å²) in [6.45, 7) is 5.04. The number of hydrogen-bond donors (Lipinski definition) is 1. The van der Waals surface area contributed by atoms with Crippen molar-refractivity contribution in [3.8, 4) is 0 Å². The smallest absolute Gasteiger partial charge is 0.724 e. The Kier molecular flexibility index (Phi) is 6.90. The van der Waals surface area contributed by atoms with Gasteiger partial charge in [0, 0.05) is 19.7 Å². The number of amides is 2. The first-order valence-corrected chi connectivity index (χ1v) is 9.89. The molecular weight excluding hydrogens is 431 g/mol. The zero-order valence-electron chi connectivity index (χ0n) is 17.4. The van der Waals surface area contributed by atoms with E-state index in [1.54, 1.807) is 27.8 Å². The minimum atomic E-state index is -5.17. The minimum Gasteiger partial charge on any atom is -0.724 e. The molecule has 0 unspecified atom stereocenters. The topological polar surface area (TPSA) is 158 Å². The van der Waals surface area contributed by atoms with Crippen LogP contribution in [0.3, 0.4) is 0 Å². The van der Waals surface area contributed by atoms with Crippen molar-refractivity contribution in [2.75, 3.05) is 13.6 Å². The van der Waals surface area contributed by atoms with Gasteiger partial charge in [0.05, 0.1) is 23.9 Å². The van der Waals surface area contributed by atoms with Crippen LogP contribution in [0.4, 0.5) is 4.79 Å². The average Bonchev–Trinajstić information content (AvgIpc) is 3.10. The number of rotatable bonds is 3. The number of aromatic nitrogens is 2. The summed E-state index contributed by atoms with van der Waals surface area (Å²) >= 11 is 0. The van der Waals surface area contributed by atoms with Crippen LogP contribution in [0.5, 0.6) is 0 Å². The summed E-state index contributed by atoms with van der Waals surface area (Å²) in [7, 11) is -2.10. The number of aryl methyl sites for hydroxylation is 1. The van der Waals surface area contributed by atoms with Crippen molar-refractivity contribution in [3.63, 3.8) is 0 Å². The van der Waals surface area contributed by atoms with Gasteiger partial charge in [0.15, 0.2) is 5.84 Å². The molecule has 2 atom stereocenters. The second kappa shape index (κ2) is 8.43. The van der Waals surface area contributed by atoms with Crippen molar-refractivity contribution in [2.45, 2.75) is 32.9 Å². The maximum absolute atomic E-state index is 12.8. The molecule has 30 heavy (non-hydrogen) atoms. The summed E-state index contributed by atoms with van der Waals surface area (Å²) in [6, 6.07) is -2.57. The number of carbonyl (C=O) groups excluding carboxylic acids is 2. The van der Waals surface area contributed by atoms with Gasteiger partial charge in [0.2, 0.25) is 10.4 Å². The number of carbonyl (C=O) groups is 2. The fraction of sp³-hybridized carbons (Fsp3) is 0.600. The predicted octanol–water partition coefficient (Wildman–Crippen LogP) is -3.23. The normalized spacial score (nSPS) is 21.3. The molecule has 15 heteroatoms. The second-order valence-electron chi connectivity index (χ2n) is 7.62. The third kappa shape index (κ3) is 4.48. The van der Waals surface area contributed by atoms with Crippen molar-refractivity contribution in [1.29, 1.82) is 0 Å². The van der Waals surface area contributed by atoms with Gasteiger partial charge in [-0.05, 0) is 20.8 Å². The van der Waals surface area contributed by atoms with E-state index >= 15 is 0 Å². The Bertz CT molecular complexity index is 986. The van der Waals surface area contributed by atoms with Gasteiger partial charge in [0.25, 0.3) is 0 Å². The van der Waals surface area contributed by atoms with Gasteiger partial charge < -0.3 is 14.3 Å². The molecule has 0 saturated carbocycles. The van der Waals surface area contributed by atoms with Gasteiger partial charge >= 0.3 is 41.6 Å². The Morgan fingerprint density at radius 2 is 2.03 bits per heavy atom. The fourth-order valence-electron chi connectivity index (χ4n) is 3.18. The van der Waals surface area contributed by atoms with Crippen LogP contribution in [-0.2, 0) is 31.4 Å². The van der Waals surface area contributed by atoms with E-state index in [4.69, 9.17) is 4.84 Å². The molecule has 1 saturated heterocycles. The summed E-state index contributed by atoms with van der Waals surface area (Å²) in [5.41, 5.74) is 2.70. The number of nitrogens with zero attached hydrogens (tertiary/aromatic N) is 5. The zero-order valence-corrected chi connectivity index (χ0v) is 20.3. The van der Waals surface area contributed by atoms with Gasteiger partial charge in [-0.1, -0.05) is 0 Å². The molecule has 3 rings (SSSR count). The molecule has 13 nitrogen and oxygen atoms in total. The first kappa shape index (κ1) is 24.6. The average molecular weight is 452 g/mol. The molecule has 0 aliphatic carbocycles. The van der Waals surface area contributed by atoms with Crippen LogP contribution >= 0.6 is 0 Å². The summed E-state index contributed by atoms with van der Waals surface area (Å²) in [4.78, 5) is 35.3. The van der Waals surface area contributed by atoms with E-state index in [1.165, 1.54) is 22.8 Å². The van der Waals surface area contributed by atoms with Crippen LogP contribution in [-0.4, -0.2) is 64.1 Å². The molecule has 2 amide bonds. The summed E-state index contributed by atoms with van der Waals surface area (Å²) in [5, 5.41) is 4.66. The monoisotopic (exact) mass is 452 g/mol. The largest absolute Gasteiger partial charge is 1.00 e. The van der Waals surface area contributed by atoms with E-state index in [1.807, 2.05) is 0 Å². The van der Waals surface area contributed by atoms with E-state index in [2.05, 4.69) is 19.9 Å². The van der Waals surface area contributed by atoms with Gasteiger partial charge in [-0.3, -0.25) is 9.67 Å². The molecule has 1 aromatic rings. The Morgan fingerprint density at radius 1 is 1.40 bits per heavy atom. The van der Waals surface area contributed by atoms with E-state index < -0.39 is 39.9 Å². The molecule has 160 valence electrons. The Morgan fingerprint density at radius 3 is 2.57 bits per heavy atom. The van der Waals surface area contributed by atoms with Gasteiger partial charge in [-0.2, -0.15) is 14.4 Å². The van der Waals surface area contributed by atoms with Crippen LogP contribution < -0.4 is 35.0 Å². The van der Waals surface area contributed by atoms with E-state index in [-0.39, 0.29) is 41.9 Å². The minimum absolute atomic E-state index is 0. The summed E-state index contributed by atoms with van der Waals surface area (Å²) in [5.74, 6) is -0.432. The number of fused-ring (bicyclic) bond motifs is 4. The van der Waals surface area contributed by atoms with Crippen molar-refractivity contribution in [2.24, 2.45) is 17.5 Å². The SMILES string of the molecule is CN=C(NOC(=O)C(C)(C)C)[C@@H]1c2c(cnn2C)[C@@H]2CN1C(=O)N2OS(=O)(=O)[O-].[Na+]. The third-order valence-electron chi connectivity index (χ3n) is 4.56. The van der Waals surface area contributed by atoms with Crippen LogP contribution in [0.1, 0.15) is 44.1 Å². The molecule has 2 bridgehead atoms. The fourth-order valence-corrected chi connectivity index (χ4v) is 3.54. The molecule has 0 spiro atoms. The van der Waals surface area contributed by atoms with Crippen molar-refractivity contribution in [1.82, 2.24) is 25.2 Å². The molecule has 1 N–H and O–H groups in total. The molecule has 3 heterocycles. The number of amidine groups is 1. The molecule has 1 aromatic heterocycles. The number of hydroxylamine groups is 3. The van der Waals surface area contributed by atoms with E-state index in [0.29, 0.717) is 16.3 Å². The summed E-state index contributed by atoms with van der Waals surface area (Å²) in [6.07, 6.45) is 1.45. The molecule has 2 aliphatic heterocycles. The molecule has 2 aliphatic rings. The van der Waals surface area contributed by atoms with E-state index in [0.717, 1.165) is 0 Å². The number of hydrogen-bond acceptors (Lipinski definition) is 9. The molecular formula is C15H21N6NaO7S. The maximum Gasteiger partial charge on any atom is 1.00 e. The number of nitrogens with one attached hydrogen (secondary N) is 1. The van der Waals surface area contributed by atoms with Crippen molar-refractivity contribution in [3.05, 3.63) is 17.5 Å². The molecule has 1 fully saturated rings. The van der Waals surface area contributed by atoms with Crippen LogP contribution in [0.15, 0.2) is 11.2 Å². The standard InChI is InChI=1S/C15H22N6O7S.Na/c1-15(2,3)13(22)27-18-12(16-4)11-10-8(6-17-19(10)5)9-7-20(11)14(23)21(9)28-29(24,25)26;/h6,9,11H,7H2,1-5H3,(H,16,18)(H,24,25,26);/q;+1/p-1/t9-,11-;/m0./s1. The van der Waals surface area contributed by atoms with Crippen molar-refractivity contribution >= 4 is 28.2 Å². The summed E-state index contributed by atoms with van der Waals surface area (Å²) < 4.78 is 39.1. The number of aliphatic imine (C=N–C) groups is 1. The van der Waals surface area contributed by atoms with Crippen molar-refractivity contribution < 1.29 is 61.2 Å². The Balaban J connectivity index is 0.00000320. The van der Waals surface area contributed by atoms with Gasteiger partial charge in [0.1, 0.15) is 12.1 Å². The third-order valence-corrected chi connectivity index (χ3v) is 4.91. The van der Waals surface area contributed by atoms with Crippen LogP contribution in [0.2, 0.25) is 0 Å². The molecule has 0 aromatic carbocycles. The second-order valence-corrected chi connectivity index (χ2v) is 8.59. The zero-order chi connectivity index (χ0) is 21.7. The first-order chi connectivity index (χ1) is 13.3. The van der Waals surface area contributed by atoms with Crippen LogP contribution in [0, 0.1) is 5.41 Å². The Hall–Kier alpha value is -1.71. The van der Waals surface area contributed by atoms with Gasteiger partial charge in [-0.15, -0.1) is 0 Å². The van der Waals surface area contributed by atoms with Gasteiger partial charge in [-0.25, -0.2) is 23.5 Å². The maximum atomic E-state index is 12.8. The van der Waals surface area contributed by atoms with E-state index in [9.17, 15) is 22.6 Å². The quantitative estimate of drug-likeness (QED) is 0.124. The first-order valence-electron chi connectivity index (χ1n) is 8.56. The van der Waals surface area contributed by atoms with Crippen LogP contribution in [0.25, 0.3) is 0 Å².